The average Bonchev–Trinajstić information content (AvgIpc) is 3.18. The number of hydrogen-bond donors (Lipinski definition) is 2. The van der Waals surface area contributed by atoms with Gasteiger partial charge in [-0.1, -0.05) is 28.1 Å². The summed E-state index contributed by atoms with van der Waals surface area (Å²) in [5.74, 6) is 0.230. The molecule has 0 aliphatic carbocycles. The Bertz CT molecular complexity index is 1020. The van der Waals surface area contributed by atoms with Gasteiger partial charge < -0.3 is 15.0 Å². The molecule has 0 spiro atoms. The highest BCUT2D eigenvalue weighted by molar-refractivity contribution is 9.10. The lowest BCUT2D eigenvalue weighted by Gasteiger charge is -2.12. The van der Waals surface area contributed by atoms with Gasteiger partial charge >= 0.3 is 5.69 Å². The summed E-state index contributed by atoms with van der Waals surface area (Å²) in [6, 6.07) is 11.4. The zero-order valence-corrected chi connectivity index (χ0v) is 16.7. The van der Waals surface area contributed by atoms with Crippen LogP contribution in [0.2, 0.25) is 0 Å². The number of ether oxygens (including phenoxy) is 1. The second kappa shape index (κ2) is 8.22. The summed E-state index contributed by atoms with van der Waals surface area (Å²) in [5.41, 5.74) is 1.69. The van der Waals surface area contributed by atoms with E-state index in [1.54, 1.807) is 13.1 Å². The fraction of sp³-hybridized carbons (Fsp3) is 0.158. The van der Waals surface area contributed by atoms with Crippen molar-refractivity contribution in [3.8, 4) is 17.0 Å². The molecule has 0 fully saturated rings. The van der Waals surface area contributed by atoms with Gasteiger partial charge in [-0.2, -0.15) is 0 Å². The molecule has 8 nitrogen and oxygen atoms in total. The Balaban J connectivity index is 1.75. The van der Waals surface area contributed by atoms with Crippen LogP contribution in [0.25, 0.3) is 11.3 Å². The lowest BCUT2D eigenvalue weighted by molar-refractivity contribution is -0.385. The first kappa shape index (κ1) is 19.6. The number of carbonyl (C=O) groups excluding carboxylic acids is 1. The Morgan fingerprint density at radius 1 is 1.29 bits per heavy atom. The molecule has 1 aromatic heterocycles. The van der Waals surface area contributed by atoms with E-state index >= 15 is 0 Å². The number of rotatable bonds is 6. The van der Waals surface area contributed by atoms with Gasteiger partial charge in [0.05, 0.1) is 30.0 Å². The number of nitrogens with one attached hydrogen (secondary N) is 2. The number of nitrogens with zero attached hydrogens (tertiary/aromatic N) is 2. The van der Waals surface area contributed by atoms with Crippen molar-refractivity contribution >= 4 is 27.5 Å². The number of benzene rings is 2. The molecular formula is C19H17BrN4O4. The third-order valence-corrected chi connectivity index (χ3v) is 4.67. The molecule has 0 bridgehead atoms. The molecule has 1 amide bonds. The van der Waals surface area contributed by atoms with Crippen molar-refractivity contribution in [3.05, 3.63) is 74.6 Å². The van der Waals surface area contributed by atoms with Crippen LogP contribution >= 0.6 is 15.9 Å². The van der Waals surface area contributed by atoms with E-state index in [-0.39, 0.29) is 17.0 Å². The second-order valence-corrected chi connectivity index (χ2v) is 6.94. The summed E-state index contributed by atoms with van der Waals surface area (Å²) in [5, 5.41) is 13.9. The number of hydrogen-bond acceptors (Lipinski definition) is 5. The summed E-state index contributed by atoms with van der Waals surface area (Å²) in [6.45, 7) is 1.78. The first-order chi connectivity index (χ1) is 13.4. The van der Waals surface area contributed by atoms with Gasteiger partial charge in [0.1, 0.15) is 5.82 Å². The number of halogens is 1. The fourth-order valence-corrected chi connectivity index (χ4v) is 2.92. The molecule has 0 unspecified atom stereocenters. The van der Waals surface area contributed by atoms with Crippen molar-refractivity contribution in [2.24, 2.45) is 0 Å². The number of nitro groups is 1. The number of aromatic amines is 1. The molecular weight excluding hydrogens is 428 g/mol. The van der Waals surface area contributed by atoms with Gasteiger partial charge in [0.15, 0.2) is 5.75 Å². The van der Waals surface area contributed by atoms with Crippen molar-refractivity contribution in [2.45, 2.75) is 13.0 Å². The summed E-state index contributed by atoms with van der Waals surface area (Å²) < 4.78 is 5.93. The minimum Gasteiger partial charge on any atom is -0.490 e. The van der Waals surface area contributed by atoms with E-state index < -0.39 is 16.9 Å². The monoisotopic (exact) mass is 444 g/mol. The molecule has 0 aliphatic rings. The fourth-order valence-electron chi connectivity index (χ4n) is 2.66. The van der Waals surface area contributed by atoms with Gasteiger partial charge in [0.2, 0.25) is 0 Å². The van der Waals surface area contributed by atoms with Gasteiger partial charge in [-0.25, -0.2) is 4.98 Å². The Kier molecular flexibility index (Phi) is 5.74. The predicted molar refractivity (Wildman–Crippen MR) is 107 cm³/mol. The molecule has 28 heavy (non-hydrogen) atoms. The maximum Gasteiger partial charge on any atom is 0.311 e. The molecule has 2 aromatic carbocycles. The van der Waals surface area contributed by atoms with Gasteiger partial charge in [0.25, 0.3) is 5.91 Å². The van der Waals surface area contributed by atoms with Crippen LogP contribution in [0.15, 0.2) is 53.1 Å². The largest absolute Gasteiger partial charge is 0.490 e. The maximum absolute atomic E-state index is 12.5. The van der Waals surface area contributed by atoms with Gasteiger partial charge in [-0.3, -0.25) is 14.9 Å². The van der Waals surface area contributed by atoms with E-state index in [9.17, 15) is 14.9 Å². The number of amides is 1. The molecule has 2 N–H and O–H groups in total. The highest BCUT2D eigenvalue weighted by Gasteiger charge is 2.20. The summed E-state index contributed by atoms with van der Waals surface area (Å²) in [4.78, 5) is 30.6. The highest BCUT2D eigenvalue weighted by atomic mass is 79.9. The minimum absolute atomic E-state index is 0.0970. The molecule has 3 rings (SSSR count). The van der Waals surface area contributed by atoms with Gasteiger partial charge in [-0.05, 0) is 36.8 Å². The third kappa shape index (κ3) is 4.20. The molecule has 1 heterocycles. The number of methoxy groups -OCH3 is 1. The van der Waals surface area contributed by atoms with Crippen LogP contribution in [-0.2, 0) is 0 Å². The SMILES string of the molecule is COc1ccc(C(=O)N[C@@H](C)c2ncc(-c3ccc(Br)cc3)[nH]2)cc1[N+](=O)[O-]. The van der Waals surface area contributed by atoms with E-state index in [0.29, 0.717) is 5.82 Å². The van der Waals surface area contributed by atoms with Crippen LogP contribution in [0.4, 0.5) is 5.69 Å². The highest BCUT2D eigenvalue weighted by Crippen LogP contribution is 2.28. The molecule has 0 radical (unpaired) electrons. The molecule has 0 saturated heterocycles. The van der Waals surface area contributed by atoms with Gasteiger partial charge in [-0.15, -0.1) is 0 Å². The van der Waals surface area contributed by atoms with Crippen LogP contribution in [0.1, 0.15) is 29.1 Å². The predicted octanol–water partition coefficient (Wildman–Crippen LogP) is 4.25. The number of H-pyrrole nitrogens is 1. The summed E-state index contributed by atoms with van der Waals surface area (Å²) >= 11 is 3.40. The molecule has 3 aromatic rings. The zero-order valence-electron chi connectivity index (χ0n) is 15.1. The summed E-state index contributed by atoms with van der Waals surface area (Å²) in [7, 11) is 1.34. The Morgan fingerprint density at radius 2 is 2.00 bits per heavy atom. The quantitative estimate of drug-likeness (QED) is 0.436. The van der Waals surface area contributed by atoms with E-state index in [0.717, 1.165) is 15.7 Å². The first-order valence-electron chi connectivity index (χ1n) is 8.33. The van der Waals surface area contributed by atoms with Crippen LogP contribution in [0.3, 0.4) is 0 Å². The lowest BCUT2D eigenvalue weighted by atomic mass is 10.1. The third-order valence-electron chi connectivity index (χ3n) is 4.15. The van der Waals surface area contributed by atoms with Crippen LogP contribution in [0, 0.1) is 10.1 Å². The van der Waals surface area contributed by atoms with Crippen molar-refractivity contribution < 1.29 is 14.5 Å². The molecule has 0 aliphatic heterocycles. The average molecular weight is 445 g/mol. The molecule has 0 saturated carbocycles. The van der Waals surface area contributed by atoms with Crippen LogP contribution in [0.5, 0.6) is 5.75 Å². The zero-order chi connectivity index (χ0) is 20.3. The van der Waals surface area contributed by atoms with E-state index in [2.05, 4.69) is 31.2 Å². The van der Waals surface area contributed by atoms with E-state index in [1.807, 2.05) is 24.3 Å². The smallest absolute Gasteiger partial charge is 0.311 e. The van der Waals surface area contributed by atoms with E-state index in [4.69, 9.17) is 4.74 Å². The number of imidazole rings is 1. The van der Waals surface area contributed by atoms with Crippen molar-refractivity contribution in [2.75, 3.05) is 7.11 Å². The molecule has 1 atom stereocenters. The summed E-state index contributed by atoms with van der Waals surface area (Å²) in [6.07, 6.45) is 1.69. The van der Waals surface area contributed by atoms with Crippen molar-refractivity contribution in [1.29, 1.82) is 0 Å². The number of nitro benzene ring substituents is 1. The van der Waals surface area contributed by atoms with Crippen molar-refractivity contribution in [1.82, 2.24) is 15.3 Å². The first-order valence-corrected chi connectivity index (χ1v) is 9.12. The topological polar surface area (TPSA) is 110 Å². The second-order valence-electron chi connectivity index (χ2n) is 6.03. The minimum atomic E-state index is -0.587. The van der Waals surface area contributed by atoms with Crippen LogP contribution in [-0.4, -0.2) is 27.9 Å². The van der Waals surface area contributed by atoms with Crippen molar-refractivity contribution in [3.63, 3.8) is 0 Å². The molecule has 9 heteroatoms. The number of carbonyl (C=O) groups is 1. The molecule has 144 valence electrons. The Morgan fingerprint density at radius 3 is 2.64 bits per heavy atom. The van der Waals surface area contributed by atoms with E-state index in [1.165, 1.54) is 25.3 Å². The number of aromatic nitrogens is 2. The Hall–Kier alpha value is -3.20. The van der Waals surface area contributed by atoms with Gasteiger partial charge in [0, 0.05) is 16.1 Å². The lowest BCUT2D eigenvalue weighted by Crippen LogP contribution is -2.27. The maximum atomic E-state index is 12.5. The van der Waals surface area contributed by atoms with Crippen LogP contribution < -0.4 is 10.1 Å². The Labute approximate surface area is 169 Å². The normalized spacial score (nSPS) is 11.7. The standard InChI is InChI=1S/C19H17BrN4O4/c1-11(18-21-10-15(23-18)12-3-6-14(20)7-4-12)22-19(25)13-5-8-17(28-2)16(9-13)24(26)27/h3-11H,1-2H3,(H,21,23)(H,22,25)/t11-/m0/s1.